The standard InChI is InChI=1S/C13H28N2O2/c1-4-5-14-10-13(2,3)11-15-6-7-17-9-12(15)8-16/h12,14,16H,4-11H2,1-3H3. The molecule has 0 aliphatic carbocycles. The van der Waals surface area contributed by atoms with Crippen molar-refractivity contribution in [3.63, 3.8) is 0 Å². The third kappa shape index (κ3) is 5.34. The van der Waals surface area contributed by atoms with Crippen LogP contribution in [0.3, 0.4) is 0 Å². The highest BCUT2D eigenvalue weighted by Crippen LogP contribution is 2.19. The summed E-state index contributed by atoms with van der Waals surface area (Å²) in [5, 5.41) is 12.8. The fourth-order valence-corrected chi connectivity index (χ4v) is 2.27. The Morgan fingerprint density at radius 3 is 2.88 bits per heavy atom. The van der Waals surface area contributed by atoms with Crippen molar-refractivity contribution in [2.75, 3.05) is 46.0 Å². The monoisotopic (exact) mass is 244 g/mol. The van der Waals surface area contributed by atoms with Crippen LogP contribution in [0.1, 0.15) is 27.2 Å². The van der Waals surface area contributed by atoms with Crippen LogP contribution in [-0.4, -0.2) is 62.0 Å². The topological polar surface area (TPSA) is 44.7 Å². The molecule has 1 aliphatic rings. The van der Waals surface area contributed by atoms with Crippen LogP contribution >= 0.6 is 0 Å². The summed E-state index contributed by atoms with van der Waals surface area (Å²) < 4.78 is 5.40. The van der Waals surface area contributed by atoms with E-state index in [0.717, 1.165) is 32.8 Å². The van der Waals surface area contributed by atoms with Crippen LogP contribution in [0.2, 0.25) is 0 Å². The van der Waals surface area contributed by atoms with Crippen LogP contribution in [0.25, 0.3) is 0 Å². The molecular formula is C13H28N2O2. The largest absolute Gasteiger partial charge is 0.395 e. The molecule has 0 aromatic carbocycles. The van der Waals surface area contributed by atoms with Crippen LogP contribution in [0.5, 0.6) is 0 Å². The van der Waals surface area contributed by atoms with E-state index >= 15 is 0 Å². The van der Waals surface area contributed by atoms with Gasteiger partial charge in [0, 0.05) is 19.6 Å². The van der Waals surface area contributed by atoms with Crippen molar-refractivity contribution in [3.05, 3.63) is 0 Å². The van der Waals surface area contributed by atoms with Crippen molar-refractivity contribution in [1.82, 2.24) is 10.2 Å². The molecule has 1 atom stereocenters. The normalized spacial score (nSPS) is 22.9. The maximum absolute atomic E-state index is 9.34. The number of aliphatic hydroxyl groups is 1. The van der Waals surface area contributed by atoms with E-state index < -0.39 is 0 Å². The predicted octanol–water partition coefficient (Wildman–Crippen LogP) is 0.705. The smallest absolute Gasteiger partial charge is 0.0644 e. The quantitative estimate of drug-likeness (QED) is 0.647. The zero-order valence-corrected chi connectivity index (χ0v) is 11.5. The van der Waals surface area contributed by atoms with E-state index in [1.165, 1.54) is 6.42 Å². The molecule has 0 saturated carbocycles. The van der Waals surface area contributed by atoms with Crippen LogP contribution in [-0.2, 0) is 4.74 Å². The van der Waals surface area contributed by atoms with E-state index in [1.54, 1.807) is 0 Å². The lowest BCUT2D eigenvalue weighted by molar-refractivity contribution is -0.0406. The highest BCUT2D eigenvalue weighted by molar-refractivity contribution is 4.82. The van der Waals surface area contributed by atoms with Gasteiger partial charge in [-0.05, 0) is 18.4 Å². The summed E-state index contributed by atoms with van der Waals surface area (Å²) in [6.07, 6.45) is 1.17. The van der Waals surface area contributed by atoms with Crippen LogP contribution in [0.15, 0.2) is 0 Å². The molecule has 1 fully saturated rings. The fourth-order valence-electron chi connectivity index (χ4n) is 2.27. The van der Waals surface area contributed by atoms with Crippen molar-refractivity contribution in [3.8, 4) is 0 Å². The van der Waals surface area contributed by atoms with E-state index in [9.17, 15) is 5.11 Å². The zero-order chi connectivity index (χ0) is 12.7. The Hall–Kier alpha value is -0.160. The van der Waals surface area contributed by atoms with Gasteiger partial charge >= 0.3 is 0 Å². The molecule has 4 heteroatoms. The molecule has 0 amide bonds. The van der Waals surface area contributed by atoms with Crippen LogP contribution < -0.4 is 5.32 Å². The summed E-state index contributed by atoms with van der Waals surface area (Å²) in [6, 6.07) is 0.175. The number of nitrogens with one attached hydrogen (secondary N) is 1. The number of aliphatic hydroxyl groups excluding tert-OH is 1. The summed E-state index contributed by atoms with van der Waals surface area (Å²) in [5.74, 6) is 0. The van der Waals surface area contributed by atoms with Gasteiger partial charge in [-0.15, -0.1) is 0 Å². The summed E-state index contributed by atoms with van der Waals surface area (Å²) in [7, 11) is 0. The first-order chi connectivity index (χ1) is 8.09. The first-order valence-electron chi connectivity index (χ1n) is 6.72. The highest BCUT2D eigenvalue weighted by atomic mass is 16.5. The average molecular weight is 244 g/mol. The van der Waals surface area contributed by atoms with Gasteiger partial charge in [-0.25, -0.2) is 0 Å². The summed E-state index contributed by atoms with van der Waals surface area (Å²) in [6.45, 7) is 12.4. The van der Waals surface area contributed by atoms with E-state index in [4.69, 9.17) is 4.74 Å². The van der Waals surface area contributed by atoms with Crippen molar-refractivity contribution in [2.45, 2.75) is 33.2 Å². The maximum atomic E-state index is 9.34. The van der Waals surface area contributed by atoms with Crippen LogP contribution in [0, 0.1) is 5.41 Å². The summed E-state index contributed by atoms with van der Waals surface area (Å²) in [4.78, 5) is 2.36. The molecule has 1 heterocycles. The predicted molar refractivity (Wildman–Crippen MR) is 70.2 cm³/mol. The number of morpholine rings is 1. The van der Waals surface area contributed by atoms with Gasteiger partial charge in [-0.2, -0.15) is 0 Å². The van der Waals surface area contributed by atoms with Gasteiger partial charge in [0.2, 0.25) is 0 Å². The Balaban J connectivity index is 2.38. The molecular weight excluding hydrogens is 216 g/mol. The molecule has 0 aromatic heterocycles. The van der Waals surface area contributed by atoms with Gasteiger partial charge in [0.15, 0.2) is 0 Å². The number of nitrogens with zero attached hydrogens (tertiary/aromatic N) is 1. The maximum Gasteiger partial charge on any atom is 0.0644 e. The second kappa shape index (κ2) is 7.31. The van der Waals surface area contributed by atoms with Gasteiger partial charge in [-0.3, -0.25) is 4.90 Å². The Labute approximate surface area is 105 Å². The summed E-state index contributed by atoms with van der Waals surface area (Å²) in [5.41, 5.74) is 0.236. The van der Waals surface area contributed by atoms with E-state index in [2.05, 4.69) is 31.0 Å². The van der Waals surface area contributed by atoms with Gasteiger partial charge in [0.05, 0.1) is 25.9 Å². The molecule has 0 spiro atoms. The lowest BCUT2D eigenvalue weighted by atomic mass is 9.91. The summed E-state index contributed by atoms with van der Waals surface area (Å²) >= 11 is 0. The van der Waals surface area contributed by atoms with Gasteiger partial charge in [0.1, 0.15) is 0 Å². The number of hydrogen-bond donors (Lipinski definition) is 2. The molecule has 17 heavy (non-hydrogen) atoms. The first kappa shape index (κ1) is 14.9. The average Bonchev–Trinajstić information content (AvgIpc) is 2.29. The van der Waals surface area contributed by atoms with Crippen molar-refractivity contribution in [2.24, 2.45) is 5.41 Å². The number of ether oxygens (including phenoxy) is 1. The minimum Gasteiger partial charge on any atom is -0.395 e. The molecule has 0 radical (unpaired) electrons. The van der Waals surface area contributed by atoms with E-state index in [1.807, 2.05) is 0 Å². The highest BCUT2D eigenvalue weighted by Gasteiger charge is 2.28. The Kier molecular flexibility index (Phi) is 6.41. The van der Waals surface area contributed by atoms with E-state index in [0.29, 0.717) is 6.61 Å². The first-order valence-corrected chi connectivity index (χ1v) is 6.72. The Bertz CT molecular complexity index is 210. The third-order valence-corrected chi connectivity index (χ3v) is 3.22. The fraction of sp³-hybridized carbons (Fsp3) is 1.00. The van der Waals surface area contributed by atoms with E-state index in [-0.39, 0.29) is 18.1 Å². The molecule has 4 nitrogen and oxygen atoms in total. The molecule has 102 valence electrons. The second-order valence-electron chi connectivity index (χ2n) is 5.72. The lowest BCUT2D eigenvalue weighted by Crippen LogP contribution is -2.52. The SMILES string of the molecule is CCCNCC(C)(C)CN1CCOCC1CO. The molecule has 2 N–H and O–H groups in total. The molecule has 0 bridgehead atoms. The van der Waals surface area contributed by atoms with Crippen molar-refractivity contribution >= 4 is 0 Å². The Morgan fingerprint density at radius 1 is 1.47 bits per heavy atom. The molecule has 1 rings (SSSR count). The molecule has 1 aliphatic heterocycles. The van der Waals surface area contributed by atoms with Crippen molar-refractivity contribution in [1.29, 1.82) is 0 Å². The lowest BCUT2D eigenvalue weighted by Gasteiger charge is -2.39. The van der Waals surface area contributed by atoms with Gasteiger partial charge in [-0.1, -0.05) is 20.8 Å². The van der Waals surface area contributed by atoms with Crippen LogP contribution in [0.4, 0.5) is 0 Å². The van der Waals surface area contributed by atoms with Gasteiger partial charge in [0.25, 0.3) is 0 Å². The number of hydrogen-bond acceptors (Lipinski definition) is 4. The third-order valence-electron chi connectivity index (χ3n) is 3.22. The zero-order valence-electron chi connectivity index (χ0n) is 11.5. The second-order valence-corrected chi connectivity index (χ2v) is 5.72. The molecule has 0 aromatic rings. The Morgan fingerprint density at radius 2 is 2.24 bits per heavy atom. The van der Waals surface area contributed by atoms with Crippen molar-refractivity contribution < 1.29 is 9.84 Å². The molecule has 1 saturated heterocycles. The minimum atomic E-state index is 0.175. The number of rotatable bonds is 7. The molecule has 1 unspecified atom stereocenters. The van der Waals surface area contributed by atoms with Gasteiger partial charge < -0.3 is 15.2 Å². The minimum absolute atomic E-state index is 0.175.